The molecule has 0 radical (unpaired) electrons. The molecule has 1 unspecified atom stereocenters. The van der Waals surface area contributed by atoms with Crippen molar-refractivity contribution in [1.82, 2.24) is 15.5 Å². The number of hydrogen-bond acceptors (Lipinski definition) is 3. The molecule has 1 aliphatic rings. The maximum Gasteiger partial charge on any atom is 0.314 e. The Bertz CT molecular complexity index is 339. The number of hydrogen-bond donors (Lipinski definition) is 3. The van der Waals surface area contributed by atoms with Crippen molar-refractivity contribution >= 4 is 12.0 Å². The molecule has 0 saturated carbocycles. The van der Waals surface area contributed by atoms with Crippen molar-refractivity contribution in [3.05, 3.63) is 0 Å². The predicted molar refractivity (Wildman–Crippen MR) is 77.7 cm³/mol. The molecule has 0 aliphatic carbocycles. The molecule has 1 fully saturated rings. The molecule has 3 N–H and O–H groups in total. The van der Waals surface area contributed by atoms with Gasteiger partial charge in [-0.15, -0.1) is 0 Å². The number of aliphatic carboxylic acids is 1. The summed E-state index contributed by atoms with van der Waals surface area (Å²) in [6.07, 6.45) is 3.74. The minimum atomic E-state index is -0.949. The topological polar surface area (TPSA) is 81.7 Å². The van der Waals surface area contributed by atoms with E-state index in [-0.39, 0.29) is 12.6 Å². The molecular formula is C14H27N3O3. The standard InChI is InChI=1S/C14H27N3O3/c1-11(17-7-5-4-6-8-17)9-15-13(20)16-10-14(2,3)12(18)19/h11H,4-10H2,1-3H3,(H,18,19)(H2,15,16,20). The molecule has 1 saturated heterocycles. The normalized spacial score (nSPS) is 18.4. The van der Waals surface area contributed by atoms with Gasteiger partial charge in [-0.25, -0.2) is 4.79 Å². The second kappa shape index (κ2) is 7.47. The monoisotopic (exact) mass is 285 g/mol. The van der Waals surface area contributed by atoms with Crippen molar-refractivity contribution in [2.45, 2.75) is 46.1 Å². The first-order chi connectivity index (χ1) is 9.33. The highest BCUT2D eigenvalue weighted by Gasteiger charge is 2.27. The largest absolute Gasteiger partial charge is 0.481 e. The number of carboxylic acids is 1. The van der Waals surface area contributed by atoms with Crippen LogP contribution < -0.4 is 10.6 Å². The Morgan fingerprint density at radius 3 is 2.35 bits per heavy atom. The Hall–Kier alpha value is -1.30. The predicted octanol–water partition coefficient (Wildman–Crippen LogP) is 1.27. The van der Waals surface area contributed by atoms with Crippen molar-refractivity contribution in [3.63, 3.8) is 0 Å². The Morgan fingerprint density at radius 1 is 1.20 bits per heavy atom. The van der Waals surface area contributed by atoms with E-state index in [1.165, 1.54) is 19.3 Å². The van der Waals surface area contributed by atoms with Gasteiger partial charge in [0.25, 0.3) is 0 Å². The lowest BCUT2D eigenvalue weighted by Crippen LogP contribution is -2.48. The number of carbonyl (C=O) groups excluding carboxylic acids is 1. The Labute approximate surface area is 120 Å². The third-order valence-corrected chi connectivity index (χ3v) is 3.84. The van der Waals surface area contributed by atoms with Gasteiger partial charge in [0.15, 0.2) is 0 Å². The first-order valence-corrected chi connectivity index (χ1v) is 7.32. The van der Waals surface area contributed by atoms with E-state index < -0.39 is 11.4 Å². The van der Waals surface area contributed by atoms with Gasteiger partial charge in [-0.3, -0.25) is 9.69 Å². The van der Waals surface area contributed by atoms with Crippen molar-refractivity contribution in [2.24, 2.45) is 5.41 Å². The number of likely N-dealkylation sites (tertiary alicyclic amines) is 1. The fourth-order valence-electron chi connectivity index (χ4n) is 2.17. The Balaban J connectivity index is 2.24. The maximum atomic E-state index is 11.7. The molecule has 0 bridgehead atoms. The summed E-state index contributed by atoms with van der Waals surface area (Å²) in [5, 5.41) is 14.4. The summed E-state index contributed by atoms with van der Waals surface area (Å²) in [7, 11) is 0. The molecule has 20 heavy (non-hydrogen) atoms. The summed E-state index contributed by atoms with van der Waals surface area (Å²) in [5.41, 5.74) is -0.949. The number of nitrogens with one attached hydrogen (secondary N) is 2. The minimum Gasteiger partial charge on any atom is -0.481 e. The minimum absolute atomic E-state index is 0.117. The number of carbonyl (C=O) groups is 2. The highest BCUT2D eigenvalue weighted by Crippen LogP contribution is 2.13. The molecule has 2 amide bonds. The van der Waals surface area contributed by atoms with E-state index in [1.807, 2.05) is 0 Å². The number of rotatable bonds is 6. The molecular weight excluding hydrogens is 258 g/mol. The average molecular weight is 285 g/mol. The Kier molecular flexibility index (Phi) is 6.26. The number of urea groups is 1. The lowest BCUT2D eigenvalue weighted by molar-refractivity contribution is -0.146. The third kappa shape index (κ3) is 5.36. The van der Waals surface area contributed by atoms with Crippen molar-refractivity contribution in [1.29, 1.82) is 0 Å². The summed E-state index contributed by atoms with van der Waals surface area (Å²) in [5.74, 6) is -0.917. The van der Waals surface area contributed by atoms with Gasteiger partial charge in [-0.1, -0.05) is 6.42 Å². The molecule has 6 heteroatoms. The molecule has 1 heterocycles. The lowest BCUT2D eigenvalue weighted by atomic mass is 9.94. The molecule has 0 aromatic carbocycles. The van der Waals surface area contributed by atoms with Crippen molar-refractivity contribution in [3.8, 4) is 0 Å². The van der Waals surface area contributed by atoms with Crippen LogP contribution in [-0.2, 0) is 4.79 Å². The summed E-state index contributed by atoms with van der Waals surface area (Å²) in [6.45, 7) is 8.17. The van der Waals surface area contributed by atoms with E-state index in [9.17, 15) is 9.59 Å². The van der Waals surface area contributed by atoms with Gasteiger partial charge >= 0.3 is 12.0 Å². The van der Waals surface area contributed by atoms with Gasteiger partial charge in [0.1, 0.15) is 0 Å². The maximum absolute atomic E-state index is 11.7. The van der Waals surface area contributed by atoms with E-state index in [2.05, 4.69) is 22.5 Å². The quantitative estimate of drug-likeness (QED) is 0.686. The molecule has 6 nitrogen and oxygen atoms in total. The van der Waals surface area contributed by atoms with Crippen LogP contribution in [-0.4, -0.2) is 54.2 Å². The third-order valence-electron chi connectivity index (χ3n) is 3.84. The smallest absolute Gasteiger partial charge is 0.314 e. The van der Waals surface area contributed by atoms with Crippen LogP contribution in [0.1, 0.15) is 40.0 Å². The van der Waals surface area contributed by atoms with Crippen LogP contribution in [0.25, 0.3) is 0 Å². The van der Waals surface area contributed by atoms with Gasteiger partial charge in [0.2, 0.25) is 0 Å². The SMILES string of the molecule is CC(CNC(=O)NCC(C)(C)C(=O)O)N1CCCCC1. The van der Waals surface area contributed by atoms with E-state index in [0.717, 1.165) is 13.1 Å². The Morgan fingerprint density at radius 2 is 1.80 bits per heavy atom. The van der Waals surface area contributed by atoms with Crippen LogP contribution in [0.4, 0.5) is 4.79 Å². The number of amides is 2. The molecule has 0 aromatic rings. The molecule has 116 valence electrons. The van der Waals surface area contributed by atoms with Crippen LogP contribution in [0.3, 0.4) is 0 Å². The molecule has 1 rings (SSSR count). The average Bonchev–Trinajstić information content (AvgIpc) is 2.43. The number of carboxylic acid groups (broad SMARTS) is 1. The summed E-state index contributed by atoms with van der Waals surface area (Å²) in [6, 6.07) is 0.0109. The summed E-state index contributed by atoms with van der Waals surface area (Å²) < 4.78 is 0. The lowest BCUT2D eigenvalue weighted by Gasteiger charge is -2.32. The van der Waals surface area contributed by atoms with Gasteiger partial charge in [-0.2, -0.15) is 0 Å². The summed E-state index contributed by atoms with van der Waals surface area (Å²) >= 11 is 0. The molecule has 1 atom stereocenters. The van der Waals surface area contributed by atoms with Gasteiger partial charge in [-0.05, 0) is 46.7 Å². The van der Waals surface area contributed by atoms with Gasteiger partial charge in [0, 0.05) is 19.1 Å². The van der Waals surface area contributed by atoms with Crippen LogP contribution in [0, 0.1) is 5.41 Å². The molecule has 0 spiro atoms. The van der Waals surface area contributed by atoms with Crippen LogP contribution in [0.15, 0.2) is 0 Å². The summed E-state index contributed by atoms with van der Waals surface area (Å²) in [4.78, 5) is 25.0. The first-order valence-electron chi connectivity index (χ1n) is 7.32. The van der Waals surface area contributed by atoms with E-state index in [1.54, 1.807) is 13.8 Å². The van der Waals surface area contributed by atoms with Crippen molar-refractivity contribution in [2.75, 3.05) is 26.2 Å². The fraction of sp³-hybridized carbons (Fsp3) is 0.857. The van der Waals surface area contributed by atoms with Crippen molar-refractivity contribution < 1.29 is 14.7 Å². The molecule has 0 aromatic heterocycles. The zero-order valence-corrected chi connectivity index (χ0v) is 12.7. The highest BCUT2D eigenvalue weighted by molar-refractivity contribution is 5.77. The van der Waals surface area contributed by atoms with Crippen LogP contribution >= 0.6 is 0 Å². The number of nitrogens with zero attached hydrogens (tertiary/aromatic N) is 1. The van der Waals surface area contributed by atoms with E-state index >= 15 is 0 Å². The zero-order chi connectivity index (χ0) is 15.2. The second-order valence-electron chi connectivity index (χ2n) is 6.20. The van der Waals surface area contributed by atoms with Crippen LogP contribution in [0.2, 0.25) is 0 Å². The van der Waals surface area contributed by atoms with Gasteiger partial charge < -0.3 is 15.7 Å². The fourth-order valence-corrected chi connectivity index (χ4v) is 2.17. The second-order valence-corrected chi connectivity index (χ2v) is 6.20. The molecule has 1 aliphatic heterocycles. The number of piperidine rings is 1. The van der Waals surface area contributed by atoms with E-state index in [4.69, 9.17) is 5.11 Å². The van der Waals surface area contributed by atoms with Gasteiger partial charge in [0.05, 0.1) is 5.41 Å². The highest BCUT2D eigenvalue weighted by atomic mass is 16.4. The van der Waals surface area contributed by atoms with E-state index in [0.29, 0.717) is 12.6 Å². The van der Waals surface area contributed by atoms with Crippen LogP contribution in [0.5, 0.6) is 0 Å². The zero-order valence-electron chi connectivity index (χ0n) is 12.7. The first kappa shape index (κ1) is 16.8.